The first-order chi connectivity index (χ1) is 32.4. The van der Waals surface area contributed by atoms with Crippen LogP contribution in [0.5, 0.6) is 0 Å². The summed E-state index contributed by atoms with van der Waals surface area (Å²) in [5.41, 5.74) is 12.1. The fraction of sp³-hybridized carbons (Fsp3) is 0.698. The number of rotatable bonds is 34. The number of hydrogen-bond donors (Lipinski definition) is 14. The first kappa shape index (κ1) is 61.2. The summed E-state index contributed by atoms with van der Waals surface area (Å²) < 4.78 is 0. The summed E-state index contributed by atoms with van der Waals surface area (Å²) in [4.78, 5) is 138. The van der Waals surface area contributed by atoms with E-state index in [1.165, 1.54) is 24.3 Å². The highest BCUT2D eigenvalue weighted by molar-refractivity contribution is 7.98. The van der Waals surface area contributed by atoms with Gasteiger partial charge in [0.1, 0.15) is 48.8 Å². The molecule has 0 aliphatic rings. The first-order valence-corrected chi connectivity index (χ1v) is 24.2. The van der Waals surface area contributed by atoms with Gasteiger partial charge in [0.25, 0.3) is 0 Å². The molecule has 0 spiro atoms. The van der Waals surface area contributed by atoms with Gasteiger partial charge in [-0.25, -0.2) is 4.98 Å². The Bertz CT molecular complexity index is 1850. The first-order valence-electron chi connectivity index (χ1n) is 22.8. The summed E-state index contributed by atoms with van der Waals surface area (Å²) >= 11 is 1.38. The summed E-state index contributed by atoms with van der Waals surface area (Å²) in [6.07, 6.45) is 4.43. The number of aliphatic hydroxyl groups excluding tert-OH is 1. The van der Waals surface area contributed by atoms with E-state index >= 15 is 0 Å². The van der Waals surface area contributed by atoms with Crippen LogP contribution in [0, 0.1) is 17.8 Å². The maximum absolute atomic E-state index is 13.9. The van der Waals surface area contributed by atoms with Gasteiger partial charge in [-0.05, 0) is 74.8 Å². The summed E-state index contributed by atoms with van der Waals surface area (Å²) in [5, 5.41) is 48.7. The standard InChI is InChI=1S/C43H74N12O13S/c1-22(2)14-26(45)36(61)49-28(11-13-69-7)38(63)53-31(17-33(57)58)40(65)50-27(10-8-9-12-44)37(62)54-32(20-56)42(67)51-29(15-23(3)4)39(64)52-30(16-25-18-46-21-48-25)41(66)55-35(24(5)6)43(68)47-19-34(59)60/h18,21-24,26-32,35,56H,8-17,19-20,44-45H2,1-7H3,(H,46,48)(H,47,68)(H,49,61)(H,50,65)(H,51,67)(H,52,64)(H,53,63)(H,54,62)(H,55,66)(H,57,58)(H,59,60)/t26-,27-,28-,29-,30-,31-,32-,35-/m0/s1. The number of nitrogens with one attached hydrogen (secondary N) is 9. The number of carbonyl (C=O) groups excluding carboxylic acids is 8. The number of amides is 8. The molecule has 0 saturated carbocycles. The van der Waals surface area contributed by atoms with Crippen molar-refractivity contribution in [1.82, 2.24) is 52.5 Å². The van der Waals surface area contributed by atoms with Crippen molar-refractivity contribution < 1.29 is 63.3 Å². The van der Waals surface area contributed by atoms with Crippen LogP contribution in [0.3, 0.4) is 0 Å². The number of nitrogens with zero attached hydrogens (tertiary/aromatic N) is 1. The molecule has 0 saturated heterocycles. The number of aromatic amines is 1. The quantitative estimate of drug-likeness (QED) is 0.0306. The van der Waals surface area contributed by atoms with Crippen LogP contribution < -0.4 is 54.0 Å². The largest absolute Gasteiger partial charge is 0.481 e. The number of nitrogens with two attached hydrogens (primary N) is 2. The Morgan fingerprint density at radius 3 is 1.67 bits per heavy atom. The number of thioether (sulfide) groups is 1. The molecule has 0 radical (unpaired) electrons. The van der Waals surface area contributed by atoms with Crippen molar-refractivity contribution in [1.29, 1.82) is 0 Å². The molecule has 0 aromatic carbocycles. The van der Waals surface area contributed by atoms with Crippen molar-refractivity contribution in [2.45, 2.75) is 141 Å². The number of carboxylic acids is 2. The maximum Gasteiger partial charge on any atom is 0.322 e. The van der Waals surface area contributed by atoms with E-state index in [0.717, 1.165) is 0 Å². The van der Waals surface area contributed by atoms with Crippen molar-refractivity contribution in [3.05, 3.63) is 18.2 Å². The van der Waals surface area contributed by atoms with Gasteiger partial charge in [-0.15, -0.1) is 0 Å². The average Bonchev–Trinajstić information content (AvgIpc) is 3.79. The van der Waals surface area contributed by atoms with Crippen molar-refractivity contribution >= 4 is 71.0 Å². The zero-order valence-corrected chi connectivity index (χ0v) is 41.2. The van der Waals surface area contributed by atoms with Gasteiger partial charge in [0.15, 0.2) is 0 Å². The number of imidazole rings is 1. The second-order valence-electron chi connectivity index (χ2n) is 17.7. The second kappa shape index (κ2) is 32.0. The van der Waals surface area contributed by atoms with Crippen molar-refractivity contribution in [3.63, 3.8) is 0 Å². The molecule has 26 heteroatoms. The molecule has 0 unspecified atom stereocenters. The third kappa shape index (κ3) is 23.8. The molecular formula is C43H74N12O13S. The molecule has 0 aliphatic carbocycles. The van der Waals surface area contributed by atoms with Gasteiger partial charge in [-0.3, -0.25) is 47.9 Å². The second-order valence-corrected chi connectivity index (χ2v) is 18.7. The lowest BCUT2D eigenvalue weighted by atomic mass is 10.0. The lowest BCUT2D eigenvalue weighted by molar-refractivity contribution is -0.141. The fourth-order valence-electron chi connectivity index (χ4n) is 6.69. The molecule has 0 aliphatic heterocycles. The average molecular weight is 999 g/mol. The van der Waals surface area contributed by atoms with E-state index in [2.05, 4.69) is 52.5 Å². The van der Waals surface area contributed by atoms with Gasteiger partial charge in [-0.2, -0.15) is 11.8 Å². The van der Waals surface area contributed by atoms with E-state index in [9.17, 15) is 58.2 Å². The van der Waals surface area contributed by atoms with Crippen LogP contribution in [0.1, 0.15) is 92.2 Å². The van der Waals surface area contributed by atoms with Crippen LogP contribution >= 0.6 is 11.8 Å². The van der Waals surface area contributed by atoms with Crippen molar-refractivity contribution in [2.24, 2.45) is 29.2 Å². The molecule has 69 heavy (non-hydrogen) atoms. The number of H-pyrrole nitrogens is 1. The zero-order chi connectivity index (χ0) is 52.4. The molecule has 390 valence electrons. The molecule has 8 atom stereocenters. The van der Waals surface area contributed by atoms with E-state index in [-0.39, 0.29) is 50.5 Å². The molecule has 1 heterocycles. The van der Waals surface area contributed by atoms with E-state index in [4.69, 9.17) is 16.6 Å². The minimum atomic E-state index is -1.74. The van der Waals surface area contributed by atoms with Gasteiger partial charge >= 0.3 is 11.9 Å². The fourth-order valence-corrected chi connectivity index (χ4v) is 7.16. The van der Waals surface area contributed by atoms with E-state index in [1.54, 1.807) is 34.0 Å². The van der Waals surface area contributed by atoms with Crippen molar-refractivity contribution in [3.8, 4) is 0 Å². The Hall–Kier alpha value is -5.86. The molecular weight excluding hydrogens is 925 g/mol. The Morgan fingerprint density at radius 1 is 0.638 bits per heavy atom. The number of unbranched alkanes of at least 4 members (excludes halogenated alkanes) is 1. The molecule has 0 bridgehead atoms. The predicted molar refractivity (Wildman–Crippen MR) is 253 cm³/mol. The van der Waals surface area contributed by atoms with Crippen LogP contribution in [0.2, 0.25) is 0 Å². The van der Waals surface area contributed by atoms with Crippen LogP contribution in [-0.4, -0.2) is 165 Å². The van der Waals surface area contributed by atoms with Crippen LogP contribution in [0.25, 0.3) is 0 Å². The molecule has 8 amide bonds. The molecule has 0 fully saturated rings. The highest BCUT2D eigenvalue weighted by atomic mass is 32.2. The van der Waals surface area contributed by atoms with Gasteiger partial charge < -0.3 is 74.3 Å². The Labute approximate surface area is 406 Å². The molecule has 1 rings (SSSR count). The lowest BCUT2D eigenvalue weighted by Crippen LogP contribution is -2.61. The topological polar surface area (TPSA) is 408 Å². The van der Waals surface area contributed by atoms with Gasteiger partial charge in [0.05, 0.1) is 25.4 Å². The molecule has 16 N–H and O–H groups in total. The van der Waals surface area contributed by atoms with E-state index in [1.807, 2.05) is 13.8 Å². The van der Waals surface area contributed by atoms with Gasteiger partial charge in [-0.1, -0.05) is 41.5 Å². The van der Waals surface area contributed by atoms with Crippen LogP contribution in [0.15, 0.2) is 12.5 Å². The van der Waals surface area contributed by atoms with Crippen molar-refractivity contribution in [2.75, 3.05) is 31.7 Å². The van der Waals surface area contributed by atoms with E-state index in [0.29, 0.717) is 24.3 Å². The Morgan fingerprint density at radius 2 is 1.14 bits per heavy atom. The minimum absolute atomic E-state index is 0.00466. The number of aliphatic hydroxyl groups is 1. The summed E-state index contributed by atoms with van der Waals surface area (Å²) in [6.45, 7) is 8.96. The van der Waals surface area contributed by atoms with Gasteiger partial charge in [0.2, 0.25) is 47.3 Å². The monoisotopic (exact) mass is 999 g/mol. The van der Waals surface area contributed by atoms with Gasteiger partial charge in [0, 0.05) is 18.3 Å². The number of carbonyl (C=O) groups is 10. The SMILES string of the molecule is CSCC[C@H](NC(=O)[C@@H](N)CC(C)C)C(=O)N[C@@H](CC(=O)O)C(=O)N[C@@H](CCCCN)C(=O)N[C@@H](CO)C(=O)N[C@@H](CC(C)C)C(=O)N[C@@H](Cc1cnc[nH]1)C(=O)N[C@H](C(=O)NCC(=O)O)C(C)C. The number of carboxylic acid groups (broad SMARTS) is 2. The number of hydrogen-bond acceptors (Lipinski definition) is 15. The number of aromatic nitrogens is 2. The van der Waals surface area contributed by atoms with Crippen LogP contribution in [-0.2, 0) is 54.4 Å². The van der Waals surface area contributed by atoms with Crippen LogP contribution in [0.4, 0.5) is 0 Å². The Kier molecular flexibility index (Phi) is 28.4. The highest BCUT2D eigenvalue weighted by Gasteiger charge is 2.35. The highest BCUT2D eigenvalue weighted by Crippen LogP contribution is 2.11. The minimum Gasteiger partial charge on any atom is -0.481 e. The third-order valence-electron chi connectivity index (χ3n) is 10.3. The summed E-state index contributed by atoms with van der Waals surface area (Å²) in [7, 11) is 0. The third-order valence-corrected chi connectivity index (χ3v) is 11.0. The lowest BCUT2D eigenvalue weighted by Gasteiger charge is -2.28. The molecule has 1 aromatic rings. The summed E-state index contributed by atoms with van der Waals surface area (Å²) in [5.74, 6) is -10.1. The number of aliphatic carboxylic acids is 2. The predicted octanol–water partition coefficient (Wildman–Crippen LogP) is -3.03. The smallest absolute Gasteiger partial charge is 0.322 e. The summed E-state index contributed by atoms with van der Waals surface area (Å²) in [6, 6.07) is -11.0. The van der Waals surface area contributed by atoms with E-state index < -0.39 is 133 Å². The maximum atomic E-state index is 13.9. The normalized spacial score (nSPS) is 14.7. The zero-order valence-electron chi connectivity index (χ0n) is 40.4. The molecule has 1 aromatic heterocycles. The molecule has 25 nitrogen and oxygen atoms in total. The Balaban J connectivity index is 3.37.